The number of nitrogens with one attached hydrogen (secondary N) is 1. The average molecular weight is 294 g/mol. The minimum atomic E-state index is -0.0492. The van der Waals surface area contributed by atoms with Crippen molar-refractivity contribution in [3.8, 4) is 0 Å². The molecule has 0 bridgehead atoms. The second-order valence-corrected chi connectivity index (χ2v) is 6.63. The van der Waals surface area contributed by atoms with Crippen molar-refractivity contribution in [2.45, 2.75) is 44.9 Å². The second-order valence-electron chi connectivity index (χ2n) is 5.66. The zero-order valence-corrected chi connectivity index (χ0v) is 12.9. The molecule has 0 aliphatic carbocycles. The number of carbonyl (C=O) groups is 1. The molecule has 3 heterocycles. The molecule has 0 radical (unpaired) electrons. The summed E-state index contributed by atoms with van der Waals surface area (Å²) in [7, 11) is 0. The normalized spacial score (nSPS) is 32.0. The van der Waals surface area contributed by atoms with Gasteiger partial charge in [-0.15, -0.1) is 11.3 Å². The number of carbonyl (C=O) groups excluding carboxylic acids is 1. The maximum atomic E-state index is 12.7. The summed E-state index contributed by atoms with van der Waals surface area (Å²) < 4.78 is 5.50. The predicted molar refractivity (Wildman–Crippen MR) is 79.5 cm³/mol. The highest BCUT2D eigenvalue weighted by atomic mass is 32.1. The van der Waals surface area contributed by atoms with Gasteiger partial charge in [0.15, 0.2) is 0 Å². The zero-order valence-electron chi connectivity index (χ0n) is 12.0. The fourth-order valence-corrected chi connectivity index (χ4v) is 3.99. The molecule has 2 aliphatic rings. The Morgan fingerprint density at radius 1 is 1.60 bits per heavy atom. The average Bonchev–Trinajstić information content (AvgIpc) is 3.19. The van der Waals surface area contributed by atoms with Crippen LogP contribution in [0, 0.1) is 5.92 Å². The van der Waals surface area contributed by atoms with E-state index in [0.29, 0.717) is 5.92 Å². The van der Waals surface area contributed by atoms with E-state index in [-0.39, 0.29) is 24.2 Å². The molecule has 0 spiro atoms. The van der Waals surface area contributed by atoms with E-state index in [1.165, 1.54) is 4.88 Å². The lowest BCUT2D eigenvalue weighted by molar-refractivity contribution is -0.133. The minimum Gasteiger partial charge on any atom is -0.381 e. The maximum absolute atomic E-state index is 12.7. The van der Waals surface area contributed by atoms with Crippen molar-refractivity contribution >= 4 is 17.2 Å². The first-order chi connectivity index (χ1) is 9.72. The van der Waals surface area contributed by atoms with Crippen molar-refractivity contribution in [3.05, 3.63) is 22.4 Å². The Hall–Kier alpha value is -0.910. The van der Waals surface area contributed by atoms with E-state index in [2.05, 4.69) is 35.5 Å². The Kier molecular flexibility index (Phi) is 4.10. The fourth-order valence-electron chi connectivity index (χ4n) is 3.20. The molecule has 0 aromatic carbocycles. The van der Waals surface area contributed by atoms with Gasteiger partial charge in [-0.2, -0.15) is 0 Å². The van der Waals surface area contributed by atoms with Crippen LogP contribution in [0.3, 0.4) is 0 Å². The standard InChI is InChI=1S/C15H22N2O2S/c1-3-12-15(18)17(10(2)11-6-7-19-9-11)14(16-12)13-5-4-8-20-13/h4-5,8,10-12,14,16H,3,6-7,9H2,1-2H3. The van der Waals surface area contributed by atoms with E-state index in [9.17, 15) is 4.79 Å². The van der Waals surface area contributed by atoms with Gasteiger partial charge in [0.1, 0.15) is 6.17 Å². The largest absolute Gasteiger partial charge is 0.381 e. The minimum absolute atomic E-state index is 0.0306. The lowest BCUT2D eigenvalue weighted by Gasteiger charge is -2.33. The molecular weight excluding hydrogens is 272 g/mol. The number of amides is 1. The molecule has 1 aromatic rings. The number of thiophene rings is 1. The van der Waals surface area contributed by atoms with Crippen LogP contribution in [0.4, 0.5) is 0 Å². The monoisotopic (exact) mass is 294 g/mol. The summed E-state index contributed by atoms with van der Waals surface area (Å²) in [6.07, 6.45) is 1.92. The van der Waals surface area contributed by atoms with E-state index in [1.54, 1.807) is 11.3 Å². The SMILES string of the molecule is CCC1NC(c2cccs2)N(C(C)C2CCOC2)C1=O. The van der Waals surface area contributed by atoms with Crippen LogP contribution in [0.1, 0.15) is 37.7 Å². The number of rotatable bonds is 4. The van der Waals surface area contributed by atoms with Gasteiger partial charge in [-0.3, -0.25) is 10.1 Å². The smallest absolute Gasteiger partial charge is 0.241 e. The molecule has 2 saturated heterocycles. The molecule has 20 heavy (non-hydrogen) atoms. The molecule has 5 heteroatoms. The topological polar surface area (TPSA) is 41.6 Å². The van der Waals surface area contributed by atoms with Crippen molar-refractivity contribution in [1.29, 1.82) is 0 Å². The summed E-state index contributed by atoms with van der Waals surface area (Å²) in [6, 6.07) is 4.33. The van der Waals surface area contributed by atoms with E-state index >= 15 is 0 Å². The fraction of sp³-hybridized carbons (Fsp3) is 0.667. The van der Waals surface area contributed by atoms with Crippen LogP contribution in [0.15, 0.2) is 17.5 Å². The lowest BCUT2D eigenvalue weighted by Crippen LogP contribution is -2.42. The molecule has 4 atom stereocenters. The van der Waals surface area contributed by atoms with Crippen molar-refractivity contribution in [1.82, 2.24) is 10.2 Å². The molecular formula is C15H22N2O2S. The third-order valence-electron chi connectivity index (χ3n) is 4.50. The van der Waals surface area contributed by atoms with Gasteiger partial charge in [0.2, 0.25) is 5.91 Å². The van der Waals surface area contributed by atoms with Crippen LogP contribution in [-0.4, -0.2) is 36.1 Å². The lowest BCUT2D eigenvalue weighted by atomic mass is 9.98. The first-order valence-electron chi connectivity index (χ1n) is 7.41. The third kappa shape index (κ3) is 2.38. The highest BCUT2D eigenvalue weighted by Gasteiger charge is 2.43. The highest BCUT2D eigenvalue weighted by Crippen LogP contribution is 2.34. The van der Waals surface area contributed by atoms with Gasteiger partial charge in [0.25, 0.3) is 0 Å². The Labute approximate surface area is 124 Å². The van der Waals surface area contributed by atoms with E-state index < -0.39 is 0 Å². The molecule has 1 N–H and O–H groups in total. The zero-order chi connectivity index (χ0) is 14.1. The van der Waals surface area contributed by atoms with Crippen molar-refractivity contribution in [2.24, 2.45) is 5.92 Å². The van der Waals surface area contributed by atoms with Gasteiger partial charge in [-0.05, 0) is 31.2 Å². The van der Waals surface area contributed by atoms with Crippen LogP contribution in [0.25, 0.3) is 0 Å². The predicted octanol–water partition coefficient (Wildman–Crippen LogP) is 2.38. The summed E-state index contributed by atoms with van der Waals surface area (Å²) in [4.78, 5) is 15.9. The Morgan fingerprint density at radius 3 is 3.05 bits per heavy atom. The molecule has 4 nitrogen and oxygen atoms in total. The summed E-state index contributed by atoms with van der Waals surface area (Å²) in [5, 5.41) is 5.56. The molecule has 110 valence electrons. The molecule has 2 fully saturated rings. The molecule has 4 unspecified atom stereocenters. The van der Waals surface area contributed by atoms with Crippen LogP contribution < -0.4 is 5.32 Å². The number of ether oxygens (including phenoxy) is 1. The maximum Gasteiger partial charge on any atom is 0.241 e. The molecule has 3 rings (SSSR count). The first-order valence-corrected chi connectivity index (χ1v) is 8.29. The van der Waals surface area contributed by atoms with Crippen molar-refractivity contribution < 1.29 is 9.53 Å². The molecule has 1 aromatic heterocycles. The van der Waals surface area contributed by atoms with Crippen LogP contribution in [0.2, 0.25) is 0 Å². The number of nitrogens with zero attached hydrogens (tertiary/aromatic N) is 1. The van der Waals surface area contributed by atoms with Gasteiger partial charge >= 0.3 is 0 Å². The molecule has 2 aliphatic heterocycles. The summed E-state index contributed by atoms with van der Waals surface area (Å²) in [5.74, 6) is 0.698. The Balaban J connectivity index is 1.85. The van der Waals surface area contributed by atoms with Crippen molar-refractivity contribution in [2.75, 3.05) is 13.2 Å². The van der Waals surface area contributed by atoms with Crippen molar-refractivity contribution in [3.63, 3.8) is 0 Å². The summed E-state index contributed by atoms with van der Waals surface area (Å²) in [6.45, 7) is 5.83. The van der Waals surface area contributed by atoms with Gasteiger partial charge < -0.3 is 9.64 Å². The van der Waals surface area contributed by atoms with Gasteiger partial charge in [-0.1, -0.05) is 13.0 Å². The quantitative estimate of drug-likeness (QED) is 0.927. The highest BCUT2D eigenvalue weighted by molar-refractivity contribution is 7.10. The number of hydrogen-bond acceptors (Lipinski definition) is 4. The number of hydrogen-bond donors (Lipinski definition) is 1. The second kappa shape index (κ2) is 5.84. The van der Waals surface area contributed by atoms with Crippen LogP contribution in [-0.2, 0) is 9.53 Å². The van der Waals surface area contributed by atoms with E-state index in [4.69, 9.17) is 4.74 Å². The third-order valence-corrected chi connectivity index (χ3v) is 5.42. The van der Waals surface area contributed by atoms with Gasteiger partial charge in [0.05, 0.1) is 12.6 Å². The summed E-state index contributed by atoms with van der Waals surface area (Å²) >= 11 is 1.71. The Morgan fingerprint density at radius 2 is 2.45 bits per heavy atom. The van der Waals surface area contributed by atoms with Crippen LogP contribution >= 0.6 is 11.3 Å². The van der Waals surface area contributed by atoms with Crippen LogP contribution in [0.5, 0.6) is 0 Å². The van der Waals surface area contributed by atoms with E-state index in [1.807, 2.05) is 6.07 Å². The molecule has 0 saturated carbocycles. The first kappa shape index (κ1) is 14.0. The summed E-state index contributed by atoms with van der Waals surface area (Å²) in [5.41, 5.74) is 0. The molecule has 1 amide bonds. The van der Waals surface area contributed by atoms with E-state index in [0.717, 1.165) is 26.1 Å². The van der Waals surface area contributed by atoms with Gasteiger partial charge in [-0.25, -0.2) is 0 Å². The van der Waals surface area contributed by atoms with Gasteiger partial charge in [0, 0.05) is 23.4 Å². The Bertz CT molecular complexity index is 456.